The van der Waals surface area contributed by atoms with Crippen molar-refractivity contribution in [2.75, 3.05) is 19.6 Å². The number of nitrogens with zero attached hydrogens (tertiary/aromatic N) is 4. The number of guanidine groups is 1. The summed E-state index contributed by atoms with van der Waals surface area (Å²) < 4.78 is 1.94. The summed E-state index contributed by atoms with van der Waals surface area (Å²) in [6.07, 6.45) is 6.45. The van der Waals surface area contributed by atoms with E-state index in [2.05, 4.69) is 39.6 Å². The van der Waals surface area contributed by atoms with Gasteiger partial charge in [0.25, 0.3) is 0 Å². The molecule has 2 rings (SSSR count). The number of halogens is 1. The molecule has 0 aliphatic rings. The molecule has 0 aliphatic carbocycles. The molecule has 0 saturated heterocycles. The second kappa shape index (κ2) is 9.93. The number of hydrogen-bond acceptors (Lipinski definition) is 3. The number of aliphatic imine (C=N–C) groups is 1. The number of hydrogen-bond donors (Lipinski definition) is 2. The highest BCUT2D eigenvalue weighted by Gasteiger charge is 2.04. The fourth-order valence-corrected chi connectivity index (χ4v) is 2.37. The smallest absolute Gasteiger partial charge is 0.191 e. The predicted octanol–water partition coefficient (Wildman–Crippen LogP) is 2.37. The Morgan fingerprint density at radius 3 is 2.92 bits per heavy atom. The van der Waals surface area contributed by atoms with E-state index in [4.69, 9.17) is 11.6 Å². The normalized spacial score (nSPS) is 12.9. The molecule has 6 nitrogen and oxygen atoms in total. The first-order chi connectivity index (χ1) is 11.7. The minimum atomic E-state index is 0.417. The predicted molar refractivity (Wildman–Crippen MR) is 98.3 cm³/mol. The lowest BCUT2D eigenvalue weighted by Gasteiger charge is -2.13. The zero-order chi connectivity index (χ0) is 17.2. The van der Waals surface area contributed by atoms with Crippen molar-refractivity contribution in [2.45, 2.75) is 26.8 Å². The molecule has 0 aliphatic heterocycles. The van der Waals surface area contributed by atoms with Crippen LogP contribution in [0.15, 0.2) is 41.8 Å². The minimum absolute atomic E-state index is 0.417. The van der Waals surface area contributed by atoms with E-state index < -0.39 is 0 Å². The molecule has 7 heteroatoms. The maximum absolute atomic E-state index is 5.80. The van der Waals surface area contributed by atoms with Crippen molar-refractivity contribution >= 4 is 17.6 Å². The van der Waals surface area contributed by atoms with Crippen molar-refractivity contribution in [2.24, 2.45) is 10.9 Å². The Morgan fingerprint density at radius 2 is 2.25 bits per heavy atom. The van der Waals surface area contributed by atoms with E-state index in [9.17, 15) is 0 Å². The van der Waals surface area contributed by atoms with Crippen LogP contribution in [-0.2, 0) is 13.0 Å². The Labute approximate surface area is 148 Å². The van der Waals surface area contributed by atoms with Crippen molar-refractivity contribution in [1.29, 1.82) is 0 Å². The maximum Gasteiger partial charge on any atom is 0.191 e. The molecule has 2 heterocycles. The van der Waals surface area contributed by atoms with E-state index >= 15 is 0 Å². The van der Waals surface area contributed by atoms with E-state index in [1.54, 1.807) is 12.4 Å². The van der Waals surface area contributed by atoms with Crippen LogP contribution in [0, 0.1) is 5.92 Å². The molecule has 1 atom stereocenters. The highest BCUT2D eigenvalue weighted by molar-refractivity contribution is 6.29. The molecule has 0 radical (unpaired) electrons. The summed E-state index contributed by atoms with van der Waals surface area (Å²) in [6.45, 7) is 7.48. The van der Waals surface area contributed by atoms with Gasteiger partial charge in [0.2, 0.25) is 0 Å². The first-order valence-electron chi connectivity index (χ1n) is 8.27. The van der Waals surface area contributed by atoms with E-state index in [0.29, 0.717) is 11.1 Å². The summed E-state index contributed by atoms with van der Waals surface area (Å²) in [6, 6.07) is 5.74. The van der Waals surface area contributed by atoms with Gasteiger partial charge in [0.1, 0.15) is 5.15 Å². The van der Waals surface area contributed by atoms with Gasteiger partial charge in [-0.15, -0.1) is 0 Å². The largest absolute Gasteiger partial charge is 0.357 e. The van der Waals surface area contributed by atoms with Crippen molar-refractivity contribution in [3.63, 3.8) is 0 Å². The van der Waals surface area contributed by atoms with Crippen LogP contribution >= 0.6 is 11.6 Å². The minimum Gasteiger partial charge on any atom is -0.357 e. The van der Waals surface area contributed by atoms with E-state index in [-0.39, 0.29) is 0 Å². The van der Waals surface area contributed by atoms with Gasteiger partial charge in [-0.3, -0.25) is 9.67 Å². The van der Waals surface area contributed by atoms with Gasteiger partial charge < -0.3 is 10.6 Å². The summed E-state index contributed by atoms with van der Waals surface area (Å²) >= 11 is 5.80. The van der Waals surface area contributed by atoms with E-state index in [0.717, 1.165) is 44.1 Å². The van der Waals surface area contributed by atoms with Gasteiger partial charge in [-0.05, 0) is 37.0 Å². The van der Waals surface area contributed by atoms with Crippen LogP contribution in [0.1, 0.15) is 19.4 Å². The Kier molecular flexibility index (Phi) is 7.55. The summed E-state index contributed by atoms with van der Waals surface area (Å²) in [4.78, 5) is 8.75. The first kappa shape index (κ1) is 18.3. The average molecular weight is 349 g/mol. The number of aromatic nitrogens is 3. The molecule has 0 fully saturated rings. The van der Waals surface area contributed by atoms with Crippen LogP contribution in [0.2, 0.25) is 5.15 Å². The van der Waals surface area contributed by atoms with Gasteiger partial charge in [-0.1, -0.05) is 24.6 Å². The molecular weight excluding hydrogens is 324 g/mol. The van der Waals surface area contributed by atoms with Gasteiger partial charge in [-0.25, -0.2) is 4.98 Å². The van der Waals surface area contributed by atoms with Crippen LogP contribution in [-0.4, -0.2) is 40.4 Å². The Bertz CT molecular complexity index is 609. The molecule has 0 saturated carbocycles. The molecule has 2 aromatic rings. The fourth-order valence-electron chi connectivity index (χ4n) is 2.25. The first-order valence-corrected chi connectivity index (χ1v) is 8.65. The number of nitrogens with one attached hydrogen (secondary N) is 2. The van der Waals surface area contributed by atoms with Crippen LogP contribution < -0.4 is 10.6 Å². The quantitative estimate of drug-likeness (QED) is 0.436. The Hall–Kier alpha value is -2.08. The van der Waals surface area contributed by atoms with E-state index in [1.807, 2.05) is 29.1 Å². The number of pyridine rings is 1. The maximum atomic E-state index is 5.80. The third kappa shape index (κ3) is 6.58. The molecule has 2 N–H and O–H groups in total. The number of rotatable bonds is 8. The lowest BCUT2D eigenvalue weighted by atomic mass is 10.2. The zero-order valence-electron chi connectivity index (χ0n) is 14.2. The molecule has 1 unspecified atom stereocenters. The van der Waals surface area contributed by atoms with E-state index in [1.165, 1.54) is 0 Å². The SMILES string of the molecule is CCNC(=NCC(C)Cn1cccn1)NCCc1ccc(Cl)nc1. The monoisotopic (exact) mass is 348 g/mol. The average Bonchev–Trinajstić information content (AvgIpc) is 3.07. The van der Waals surface area contributed by atoms with Crippen LogP contribution in [0.3, 0.4) is 0 Å². The molecule has 0 bridgehead atoms. The van der Waals surface area contributed by atoms with Crippen molar-refractivity contribution < 1.29 is 0 Å². The topological polar surface area (TPSA) is 67.1 Å². The van der Waals surface area contributed by atoms with Crippen LogP contribution in [0.25, 0.3) is 0 Å². The lowest BCUT2D eigenvalue weighted by molar-refractivity contribution is 0.458. The molecular formula is C17H25ClN6. The highest BCUT2D eigenvalue weighted by Crippen LogP contribution is 2.05. The summed E-state index contributed by atoms with van der Waals surface area (Å²) in [7, 11) is 0. The van der Waals surface area contributed by atoms with Crippen molar-refractivity contribution in [3.8, 4) is 0 Å². The third-order valence-corrected chi connectivity index (χ3v) is 3.68. The molecule has 130 valence electrons. The van der Waals surface area contributed by atoms with Crippen molar-refractivity contribution in [3.05, 3.63) is 47.5 Å². The van der Waals surface area contributed by atoms with Gasteiger partial charge in [0, 0.05) is 44.8 Å². The lowest BCUT2D eigenvalue weighted by Crippen LogP contribution is -2.38. The molecule has 2 aromatic heterocycles. The van der Waals surface area contributed by atoms with Crippen molar-refractivity contribution in [1.82, 2.24) is 25.4 Å². The fraction of sp³-hybridized carbons (Fsp3) is 0.471. The van der Waals surface area contributed by atoms with Gasteiger partial charge in [0.15, 0.2) is 5.96 Å². The summed E-state index contributed by atoms with van der Waals surface area (Å²) in [5, 5.41) is 11.4. The Balaban J connectivity index is 1.78. The van der Waals surface area contributed by atoms with Crippen LogP contribution in [0.5, 0.6) is 0 Å². The zero-order valence-corrected chi connectivity index (χ0v) is 15.0. The standard InChI is InChI=1S/C17H25ClN6/c1-3-19-17(20-9-7-15-5-6-16(18)21-12-15)22-11-14(2)13-24-10-4-8-23-24/h4-6,8,10,12,14H,3,7,9,11,13H2,1-2H3,(H2,19,20,22). The van der Waals surface area contributed by atoms with Gasteiger partial charge in [-0.2, -0.15) is 5.10 Å². The van der Waals surface area contributed by atoms with Gasteiger partial charge in [0.05, 0.1) is 0 Å². The summed E-state index contributed by atoms with van der Waals surface area (Å²) in [5.41, 5.74) is 1.15. The Morgan fingerprint density at radius 1 is 1.38 bits per heavy atom. The molecule has 0 spiro atoms. The third-order valence-electron chi connectivity index (χ3n) is 3.46. The van der Waals surface area contributed by atoms with Crippen LogP contribution in [0.4, 0.5) is 0 Å². The summed E-state index contributed by atoms with van der Waals surface area (Å²) in [5.74, 6) is 1.26. The second-order valence-corrected chi connectivity index (χ2v) is 6.11. The second-order valence-electron chi connectivity index (χ2n) is 5.72. The highest BCUT2D eigenvalue weighted by atomic mass is 35.5. The molecule has 24 heavy (non-hydrogen) atoms. The van der Waals surface area contributed by atoms with Gasteiger partial charge >= 0.3 is 0 Å². The molecule has 0 amide bonds. The molecule has 0 aromatic carbocycles.